The number of hydrogen-bond donors (Lipinski definition) is 1. The first-order chi connectivity index (χ1) is 9.82. The number of alkyl carbamates (subject to hydrolysis) is 1. The normalized spacial score (nSPS) is 11.4. The summed E-state index contributed by atoms with van der Waals surface area (Å²) >= 11 is 5.79. The van der Waals surface area contributed by atoms with E-state index in [0.29, 0.717) is 5.02 Å². The number of hydrogen-bond acceptors (Lipinski definition) is 4. The summed E-state index contributed by atoms with van der Waals surface area (Å²) in [6.07, 6.45) is 0.574. The molecule has 1 aromatic rings. The van der Waals surface area contributed by atoms with Crippen LogP contribution in [-0.2, 0) is 21.3 Å². The summed E-state index contributed by atoms with van der Waals surface area (Å²) < 4.78 is 29.5. The van der Waals surface area contributed by atoms with Crippen molar-refractivity contribution in [2.75, 3.05) is 26.0 Å². The molecule has 0 bridgehead atoms. The van der Waals surface area contributed by atoms with Gasteiger partial charge in [0.25, 0.3) is 0 Å². The second-order valence-electron chi connectivity index (χ2n) is 4.37. The van der Waals surface area contributed by atoms with Gasteiger partial charge in [-0.3, -0.25) is 0 Å². The van der Waals surface area contributed by atoms with Crippen LogP contribution in [0, 0.1) is 0 Å². The van der Waals surface area contributed by atoms with Gasteiger partial charge in [0.1, 0.15) is 0 Å². The summed E-state index contributed by atoms with van der Waals surface area (Å²) in [6.45, 7) is 2.54. The molecule has 1 rings (SSSR count). The van der Waals surface area contributed by atoms with E-state index in [0.717, 1.165) is 11.8 Å². The monoisotopic (exact) mass is 334 g/mol. The second-order valence-corrected chi connectivity index (χ2v) is 6.79. The highest BCUT2D eigenvalue weighted by molar-refractivity contribution is 7.88. The van der Waals surface area contributed by atoms with E-state index >= 15 is 0 Å². The maximum atomic E-state index is 11.8. The van der Waals surface area contributed by atoms with Crippen molar-refractivity contribution in [3.8, 4) is 0 Å². The van der Waals surface area contributed by atoms with E-state index in [1.165, 1.54) is 4.31 Å². The first-order valence-electron chi connectivity index (χ1n) is 6.43. The van der Waals surface area contributed by atoms with Gasteiger partial charge in [0.15, 0.2) is 0 Å². The molecule has 6 nitrogen and oxygen atoms in total. The molecule has 0 radical (unpaired) electrons. The first kappa shape index (κ1) is 17.7. The molecule has 118 valence electrons. The van der Waals surface area contributed by atoms with Crippen LogP contribution in [0.1, 0.15) is 12.5 Å². The summed E-state index contributed by atoms with van der Waals surface area (Å²) in [6, 6.07) is 6.93. The highest BCUT2D eigenvalue weighted by Gasteiger charge is 2.17. The van der Waals surface area contributed by atoms with Crippen LogP contribution in [0.4, 0.5) is 4.79 Å². The molecule has 0 spiro atoms. The van der Waals surface area contributed by atoms with Gasteiger partial charge in [0, 0.05) is 24.7 Å². The first-order valence-corrected chi connectivity index (χ1v) is 8.65. The minimum Gasteiger partial charge on any atom is -0.450 e. The third kappa shape index (κ3) is 6.79. The van der Waals surface area contributed by atoms with Gasteiger partial charge >= 0.3 is 6.09 Å². The number of halogens is 1. The number of nitrogens with one attached hydrogen (secondary N) is 1. The molecule has 21 heavy (non-hydrogen) atoms. The molecular formula is C13H19ClN2O4S. The summed E-state index contributed by atoms with van der Waals surface area (Å²) in [5.41, 5.74) is 0.820. The highest BCUT2D eigenvalue weighted by Crippen LogP contribution is 2.12. The number of rotatable bonds is 7. The molecule has 0 saturated carbocycles. The largest absolute Gasteiger partial charge is 0.450 e. The van der Waals surface area contributed by atoms with Crippen LogP contribution < -0.4 is 5.32 Å². The van der Waals surface area contributed by atoms with E-state index in [1.54, 1.807) is 31.2 Å². The number of carbonyl (C=O) groups excluding carboxylic acids is 1. The van der Waals surface area contributed by atoms with Crippen molar-refractivity contribution in [3.05, 3.63) is 34.9 Å². The fourth-order valence-corrected chi connectivity index (χ4v) is 2.55. The Morgan fingerprint density at radius 3 is 2.48 bits per heavy atom. The zero-order valence-corrected chi connectivity index (χ0v) is 13.6. The Hall–Kier alpha value is -1.31. The van der Waals surface area contributed by atoms with Gasteiger partial charge in [-0.2, -0.15) is 4.31 Å². The van der Waals surface area contributed by atoms with Crippen molar-refractivity contribution in [1.82, 2.24) is 9.62 Å². The van der Waals surface area contributed by atoms with Gasteiger partial charge in [-0.15, -0.1) is 0 Å². The van der Waals surface area contributed by atoms with E-state index in [1.807, 2.05) is 0 Å². The Morgan fingerprint density at radius 1 is 1.33 bits per heavy atom. The van der Waals surface area contributed by atoms with E-state index in [9.17, 15) is 13.2 Å². The Labute approximate surface area is 130 Å². The van der Waals surface area contributed by atoms with Gasteiger partial charge in [0.05, 0.1) is 12.9 Å². The lowest BCUT2D eigenvalue weighted by molar-refractivity contribution is 0.151. The fourth-order valence-electron chi connectivity index (χ4n) is 1.62. The van der Waals surface area contributed by atoms with Crippen molar-refractivity contribution in [1.29, 1.82) is 0 Å². The third-order valence-electron chi connectivity index (χ3n) is 2.65. The van der Waals surface area contributed by atoms with Crippen molar-refractivity contribution < 1.29 is 17.9 Å². The number of ether oxygens (including phenoxy) is 1. The van der Waals surface area contributed by atoms with E-state index in [4.69, 9.17) is 16.3 Å². The van der Waals surface area contributed by atoms with Crippen LogP contribution in [0.25, 0.3) is 0 Å². The number of benzene rings is 1. The lowest BCUT2D eigenvalue weighted by Crippen LogP contribution is -2.37. The average molecular weight is 335 g/mol. The van der Waals surface area contributed by atoms with Gasteiger partial charge < -0.3 is 10.1 Å². The third-order valence-corrected chi connectivity index (χ3v) is 4.15. The molecule has 0 aromatic heterocycles. The van der Waals surface area contributed by atoms with E-state index < -0.39 is 16.1 Å². The lowest BCUT2D eigenvalue weighted by Gasteiger charge is -2.20. The SMILES string of the molecule is CCOC(=O)NCCN(Cc1ccc(Cl)cc1)S(C)(=O)=O. The van der Waals surface area contributed by atoms with Crippen molar-refractivity contribution in [2.45, 2.75) is 13.5 Å². The van der Waals surface area contributed by atoms with E-state index in [2.05, 4.69) is 5.32 Å². The van der Waals surface area contributed by atoms with Crippen molar-refractivity contribution in [3.63, 3.8) is 0 Å². The minimum atomic E-state index is -3.38. The van der Waals surface area contributed by atoms with Gasteiger partial charge in [-0.25, -0.2) is 13.2 Å². The predicted molar refractivity (Wildman–Crippen MR) is 81.7 cm³/mol. The average Bonchev–Trinajstić information content (AvgIpc) is 2.39. The Kier molecular flexibility index (Phi) is 6.94. The molecule has 1 amide bonds. The van der Waals surface area contributed by atoms with Crippen LogP contribution in [-0.4, -0.2) is 44.8 Å². The molecule has 1 N–H and O–H groups in total. The maximum Gasteiger partial charge on any atom is 0.407 e. The molecule has 0 fully saturated rings. The molecule has 0 heterocycles. The van der Waals surface area contributed by atoms with Crippen LogP contribution in [0.2, 0.25) is 5.02 Å². The smallest absolute Gasteiger partial charge is 0.407 e. The second kappa shape index (κ2) is 8.21. The van der Waals surface area contributed by atoms with Crippen LogP contribution in [0.3, 0.4) is 0 Å². The van der Waals surface area contributed by atoms with Gasteiger partial charge in [-0.1, -0.05) is 23.7 Å². The molecule has 0 aliphatic rings. The summed E-state index contributed by atoms with van der Waals surface area (Å²) in [5, 5.41) is 3.08. The molecule has 0 aliphatic heterocycles. The Morgan fingerprint density at radius 2 is 1.95 bits per heavy atom. The van der Waals surface area contributed by atoms with E-state index in [-0.39, 0.29) is 26.2 Å². The molecule has 0 unspecified atom stereocenters. The molecule has 1 aromatic carbocycles. The summed E-state index contributed by atoms with van der Waals surface area (Å²) in [5.74, 6) is 0. The van der Waals surface area contributed by atoms with Crippen LogP contribution in [0.5, 0.6) is 0 Å². The molecule has 0 atom stereocenters. The number of nitrogens with zero attached hydrogens (tertiary/aromatic N) is 1. The molecule has 8 heteroatoms. The minimum absolute atomic E-state index is 0.167. The van der Waals surface area contributed by atoms with Gasteiger partial charge in [-0.05, 0) is 24.6 Å². The number of carbonyl (C=O) groups is 1. The maximum absolute atomic E-state index is 11.8. The summed E-state index contributed by atoms with van der Waals surface area (Å²) in [4.78, 5) is 11.2. The Balaban J connectivity index is 2.61. The molecule has 0 saturated heterocycles. The number of sulfonamides is 1. The predicted octanol–water partition coefficient (Wildman–Crippen LogP) is 1.85. The van der Waals surface area contributed by atoms with Crippen molar-refractivity contribution >= 4 is 27.7 Å². The van der Waals surface area contributed by atoms with Gasteiger partial charge in [0.2, 0.25) is 10.0 Å². The highest BCUT2D eigenvalue weighted by atomic mass is 35.5. The van der Waals surface area contributed by atoms with Crippen molar-refractivity contribution in [2.24, 2.45) is 0 Å². The molecular weight excluding hydrogens is 316 g/mol. The molecule has 0 aliphatic carbocycles. The lowest BCUT2D eigenvalue weighted by atomic mass is 10.2. The fraction of sp³-hybridized carbons (Fsp3) is 0.462. The zero-order chi connectivity index (χ0) is 15.9. The topological polar surface area (TPSA) is 75.7 Å². The standard InChI is InChI=1S/C13H19ClN2O4S/c1-3-20-13(17)15-8-9-16(21(2,18)19)10-11-4-6-12(14)7-5-11/h4-7H,3,8-10H2,1-2H3,(H,15,17). The summed E-state index contributed by atoms with van der Waals surface area (Å²) in [7, 11) is -3.38. The number of amides is 1. The van der Waals surface area contributed by atoms with Crippen LogP contribution in [0.15, 0.2) is 24.3 Å². The Bertz CT molecular complexity index is 560. The zero-order valence-electron chi connectivity index (χ0n) is 12.0. The van der Waals surface area contributed by atoms with Crippen LogP contribution >= 0.6 is 11.6 Å². The quantitative estimate of drug-likeness (QED) is 0.825.